The van der Waals surface area contributed by atoms with Crippen LogP contribution in [0.4, 0.5) is 0 Å². The van der Waals surface area contributed by atoms with Crippen LogP contribution in [0.1, 0.15) is 33.6 Å². The van der Waals surface area contributed by atoms with Crippen LogP contribution >= 0.6 is 0 Å². The standard InChI is InChI=1S/C11H19NO/c1-8(7-10(3)13)5-6-9(2)11(4)12/h7,10,12-13H,2,5-6H2,1,3-4H3/b8-7-,12-11?. The highest BCUT2D eigenvalue weighted by molar-refractivity contribution is 5.94. The Bertz CT molecular complexity index is 226. The van der Waals surface area contributed by atoms with Gasteiger partial charge in [-0.25, -0.2) is 0 Å². The lowest BCUT2D eigenvalue weighted by atomic mass is 10.0. The van der Waals surface area contributed by atoms with Gasteiger partial charge in [0.2, 0.25) is 0 Å². The number of aliphatic hydroxyl groups excluding tert-OH is 1. The minimum absolute atomic E-state index is 0.380. The molecule has 13 heavy (non-hydrogen) atoms. The lowest BCUT2D eigenvalue weighted by Crippen LogP contribution is -1.97. The summed E-state index contributed by atoms with van der Waals surface area (Å²) in [7, 11) is 0. The Morgan fingerprint density at radius 3 is 2.38 bits per heavy atom. The van der Waals surface area contributed by atoms with Crippen LogP contribution < -0.4 is 0 Å². The van der Waals surface area contributed by atoms with Crippen molar-refractivity contribution in [2.75, 3.05) is 0 Å². The van der Waals surface area contributed by atoms with Crippen LogP contribution in [-0.2, 0) is 0 Å². The highest BCUT2D eigenvalue weighted by atomic mass is 16.3. The molecular weight excluding hydrogens is 162 g/mol. The highest BCUT2D eigenvalue weighted by Crippen LogP contribution is 2.11. The second kappa shape index (κ2) is 5.70. The molecule has 0 radical (unpaired) electrons. The van der Waals surface area contributed by atoms with E-state index in [2.05, 4.69) is 6.58 Å². The van der Waals surface area contributed by atoms with Gasteiger partial charge >= 0.3 is 0 Å². The van der Waals surface area contributed by atoms with E-state index >= 15 is 0 Å². The van der Waals surface area contributed by atoms with Crippen molar-refractivity contribution in [2.45, 2.75) is 39.7 Å². The highest BCUT2D eigenvalue weighted by Gasteiger charge is 1.98. The first-order valence-corrected chi connectivity index (χ1v) is 4.52. The molecule has 0 rings (SSSR count). The van der Waals surface area contributed by atoms with Crippen molar-refractivity contribution < 1.29 is 5.11 Å². The molecule has 0 saturated carbocycles. The fourth-order valence-corrected chi connectivity index (χ4v) is 1.03. The number of hydrogen-bond donors (Lipinski definition) is 2. The van der Waals surface area contributed by atoms with Crippen molar-refractivity contribution in [3.63, 3.8) is 0 Å². The summed E-state index contributed by atoms with van der Waals surface area (Å²) < 4.78 is 0. The van der Waals surface area contributed by atoms with Crippen LogP contribution in [0.2, 0.25) is 0 Å². The van der Waals surface area contributed by atoms with E-state index in [1.165, 1.54) is 0 Å². The van der Waals surface area contributed by atoms with Crippen molar-refractivity contribution in [1.82, 2.24) is 0 Å². The summed E-state index contributed by atoms with van der Waals surface area (Å²) in [5.74, 6) is 0. The molecule has 0 aliphatic rings. The normalized spacial score (nSPS) is 14.0. The van der Waals surface area contributed by atoms with Crippen LogP contribution in [0.15, 0.2) is 23.8 Å². The Morgan fingerprint density at radius 1 is 1.46 bits per heavy atom. The smallest absolute Gasteiger partial charge is 0.0695 e. The van der Waals surface area contributed by atoms with Crippen LogP contribution in [0.5, 0.6) is 0 Å². The van der Waals surface area contributed by atoms with E-state index < -0.39 is 0 Å². The van der Waals surface area contributed by atoms with Crippen LogP contribution in [0.3, 0.4) is 0 Å². The van der Waals surface area contributed by atoms with Crippen molar-refractivity contribution in [3.05, 3.63) is 23.8 Å². The summed E-state index contributed by atoms with van der Waals surface area (Å²) in [6, 6.07) is 0. The molecule has 0 saturated heterocycles. The first-order valence-electron chi connectivity index (χ1n) is 4.52. The Labute approximate surface area is 80.5 Å². The number of rotatable bonds is 5. The second-order valence-electron chi connectivity index (χ2n) is 3.48. The molecule has 2 N–H and O–H groups in total. The SMILES string of the molecule is C=C(CC/C(C)=C\C(C)O)C(C)=N. The monoisotopic (exact) mass is 181 g/mol. The maximum Gasteiger partial charge on any atom is 0.0695 e. The largest absolute Gasteiger partial charge is 0.389 e. The van der Waals surface area contributed by atoms with E-state index in [9.17, 15) is 0 Å². The van der Waals surface area contributed by atoms with Gasteiger partial charge in [0.15, 0.2) is 0 Å². The minimum Gasteiger partial charge on any atom is -0.389 e. The summed E-state index contributed by atoms with van der Waals surface area (Å²) in [4.78, 5) is 0. The quantitative estimate of drug-likeness (QED) is 0.497. The van der Waals surface area contributed by atoms with Gasteiger partial charge in [-0.3, -0.25) is 0 Å². The summed E-state index contributed by atoms with van der Waals surface area (Å²) in [6.45, 7) is 9.26. The second-order valence-corrected chi connectivity index (χ2v) is 3.48. The molecule has 0 aromatic rings. The van der Waals surface area contributed by atoms with Gasteiger partial charge in [-0.1, -0.05) is 18.2 Å². The van der Waals surface area contributed by atoms with Crippen molar-refractivity contribution in [3.8, 4) is 0 Å². The van der Waals surface area contributed by atoms with Crippen molar-refractivity contribution in [2.24, 2.45) is 0 Å². The summed E-state index contributed by atoms with van der Waals surface area (Å²) in [5, 5.41) is 16.4. The van der Waals surface area contributed by atoms with E-state index in [0.29, 0.717) is 5.71 Å². The van der Waals surface area contributed by atoms with Crippen molar-refractivity contribution >= 4 is 5.71 Å². The Kier molecular flexibility index (Phi) is 5.31. The fourth-order valence-electron chi connectivity index (χ4n) is 1.03. The molecule has 0 aromatic heterocycles. The molecule has 0 fully saturated rings. The molecule has 0 heterocycles. The molecule has 0 spiro atoms. The minimum atomic E-state index is -0.380. The van der Waals surface area contributed by atoms with Gasteiger partial charge in [0.1, 0.15) is 0 Å². The lowest BCUT2D eigenvalue weighted by Gasteiger charge is -2.05. The Balaban J connectivity index is 3.90. The average molecular weight is 181 g/mol. The topological polar surface area (TPSA) is 44.1 Å². The van der Waals surface area contributed by atoms with E-state index in [-0.39, 0.29) is 6.10 Å². The van der Waals surface area contributed by atoms with Crippen LogP contribution in [0, 0.1) is 5.41 Å². The van der Waals surface area contributed by atoms with E-state index in [0.717, 1.165) is 24.0 Å². The van der Waals surface area contributed by atoms with E-state index in [4.69, 9.17) is 10.5 Å². The first kappa shape index (κ1) is 12.1. The zero-order valence-electron chi connectivity index (χ0n) is 8.72. The van der Waals surface area contributed by atoms with Gasteiger partial charge in [0, 0.05) is 5.71 Å². The van der Waals surface area contributed by atoms with E-state index in [1.807, 2.05) is 13.0 Å². The lowest BCUT2D eigenvalue weighted by molar-refractivity contribution is 0.243. The molecule has 2 nitrogen and oxygen atoms in total. The molecular formula is C11H19NO. The number of aliphatic hydroxyl groups is 1. The molecule has 74 valence electrons. The van der Waals surface area contributed by atoms with Gasteiger partial charge < -0.3 is 10.5 Å². The Morgan fingerprint density at radius 2 is 2.00 bits per heavy atom. The summed E-state index contributed by atoms with van der Waals surface area (Å²) in [5.41, 5.74) is 2.57. The van der Waals surface area contributed by atoms with Gasteiger partial charge in [0.05, 0.1) is 6.10 Å². The fraction of sp³-hybridized carbons (Fsp3) is 0.545. The molecule has 0 aliphatic carbocycles. The van der Waals surface area contributed by atoms with E-state index in [1.54, 1.807) is 13.8 Å². The van der Waals surface area contributed by atoms with Crippen LogP contribution in [-0.4, -0.2) is 16.9 Å². The molecule has 0 amide bonds. The number of hydrogen-bond acceptors (Lipinski definition) is 2. The molecule has 2 heteroatoms. The van der Waals surface area contributed by atoms with Crippen molar-refractivity contribution in [1.29, 1.82) is 5.41 Å². The molecule has 1 atom stereocenters. The number of nitrogens with one attached hydrogen (secondary N) is 1. The maximum atomic E-state index is 9.06. The van der Waals surface area contributed by atoms with Crippen LogP contribution in [0.25, 0.3) is 0 Å². The zero-order chi connectivity index (χ0) is 10.4. The summed E-state index contributed by atoms with van der Waals surface area (Å²) in [6.07, 6.45) is 3.13. The third-order valence-corrected chi connectivity index (χ3v) is 1.88. The molecule has 0 bridgehead atoms. The average Bonchev–Trinajstić information content (AvgIpc) is 1.98. The third kappa shape index (κ3) is 6.29. The number of allylic oxidation sites excluding steroid dienone is 2. The maximum absolute atomic E-state index is 9.06. The third-order valence-electron chi connectivity index (χ3n) is 1.88. The van der Waals surface area contributed by atoms with Gasteiger partial charge in [-0.15, -0.1) is 0 Å². The van der Waals surface area contributed by atoms with Gasteiger partial charge in [-0.05, 0) is 39.2 Å². The van der Waals surface area contributed by atoms with Gasteiger partial charge in [0.25, 0.3) is 0 Å². The Hall–Kier alpha value is -0.890. The first-order chi connectivity index (χ1) is 5.93. The zero-order valence-corrected chi connectivity index (χ0v) is 8.72. The molecule has 0 aromatic carbocycles. The summed E-state index contributed by atoms with van der Waals surface area (Å²) >= 11 is 0. The predicted octanol–water partition coefficient (Wildman–Crippen LogP) is 2.69. The molecule has 1 unspecified atom stereocenters. The predicted molar refractivity (Wildman–Crippen MR) is 57.2 cm³/mol. The molecule has 0 aliphatic heterocycles. The van der Waals surface area contributed by atoms with Gasteiger partial charge in [-0.2, -0.15) is 0 Å².